The Kier molecular flexibility index (Phi) is 21.3. The number of hydrogen-bond acceptors (Lipinski definition) is 2. The summed E-state index contributed by atoms with van der Waals surface area (Å²) < 4.78 is 0. The number of halogens is 2. The van der Waals surface area contributed by atoms with E-state index in [0.717, 1.165) is 12.8 Å². The first-order chi connectivity index (χ1) is 27.7. The monoisotopic (exact) mass is 893 g/mol. The summed E-state index contributed by atoms with van der Waals surface area (Å²) in [6.07, 6.45) is 3.09. The molecule has 8 heteroatoms. The molecule has 305 valence electrons. The number of nitrogens with one attached hydrogen (secondary N) is 2. The molecule has 58 heavy (non-hydrogen) atoms. The van der Waals surface area contributed by atoms with Crippen molar-refractivity contribution in [2.45, 2.75) is 107 Å². The molecule has 0 saturated carbocycles. The standard InChI is InChI=1S/2C22H25.C6H12BN2O2.2ClH.Zr/c2*1-15(2)12-17-8-5-6-10-20(17)21-11-7-9-18-13-19(16(3)4)14-22(18)21;1-3-5(10)8-7-9-6(11)4-2;;;/h2*5-11,13-16H,12H2,1-4H3;3-4H2,1-2H3,(H,8,10)(H,9,11);2*1H;/q2*-1;;;;+4/p-2. The van der Waals surface area contributed by atoms with Gasteiger partial charge in [-0.3, -0.25) is 9.59 Å². The fraction of sp³-hybridized carbons (Fsp3) is 0.360. The third-order valence-corrected chi connectivity index (χ3v) is 9.86. The van der Waals surface area contributed by atoms with E-state index in [1.165, 1.54) is 73.6 Å². The number of hydrogen-bond donors (Lipinski definition) is 2. The second-order valence-electron chi connectivity index (χ2n) is 16.1. The maximum atomic E-state index is 10.6. The summed E-state index contributed by atoms with van der Waals surface area (Å²) in [6.45, 7) is 21.7. The van der Waals surface area contributed by atoms with E-state index in [2.05, 4.69) is 175 Å². The Morgan fingerprint density at radius 2 is 0.914 bits per heavy atom. The van der Waals surface area contributed by atoms with Crippen molar-refractivity contribution in [2.75, 3.05) is 0 Å². The number of amides is 2. The summed E-state index contributed by atoms with van der Waals surface area (Å²) in [5.74, 6) is 2.28. The maximum absolute atomic E-state index is 10.6. The van der Waals surface area contributed by atoms with Crippen LogP contribution in [0.2, 0.25) is 0 Å². The SMILES string of the molecule is CC(C)Cc1ccccc1-c1cccc2[cH-]c(C(C)C)cc12.CC(C)Cc1ccccc1-c1cccc2[cH-]c(C(C)C)cc12.CCC(=O)N[B]NC(=O)CC.[Cl][Zr+2][Cl]. The van der Waals surface area contributed by atoms with Gasteiger partial charge < -0.3 is 10.5 Å². The number of rotatable bonds is 12. The van der Waals surface area contributed by atoms with E-state index in [9.17, 15) is 9.59 Å². The molecule has 2 N–H and O–H groups in total. The Bertz CT molecular complexity index is 2020. The molecule has 0 aromatic heterocycles. The summed E-state index contributed by atoms with van der Waals surface area (Å²) in [5, 5.41) is 10.3. The molecule has 2 amide bonds. The van der Waals surface area contributed by atoms with Crippen LogP contribution in [0.1, 0.15) is 116 Å². The summed E-state index contributed by atoms with van der Waals surface area (Å²) in [4.78, 5) is 21.2. The molecule has 0 spiro atoms. The quantitative estimate of drug-likeness (QED) is 0.0950. The molecule has 0 aliphatic heterocycles. The average molecular weight is 896 g/mol. The Hall–Kier alpha value is -3.43. The second-order valence-corrected chi connectivity index (χ2v) is 19.8. The van der Waals surface area contributed by atoms with Crippen molar-refractivity contribution in [3.63, 3.8) is 0 Å². The number of fused-ring (bicyclic) bond motifs is 2. The van der Waals surface area contributed by atoms with Gasteiger partial charge in [0.15, 0.2) is 0 Å². The van der Waals surface area contributed by atoms with Gasteiger partial charge in [0.25, 0.3) is 0 Å². The van der Waals surface area contributed by atoms with Crippen LogP contribution in [0.4, 0.5) is 0 Å². The fourth-order valence-electron chi connectivity index (χ4n) is 6.86. The van der Waals surface area contributed by atoms with Gasteiger partial charge in [0, 0.05) is 12.8 Å². The van der Waals surface area contributed by atoms with Crippen LogP contribution in [0.25, 0.3) is 43.8 Å². The Balaban J connectivity index is 0.000000237. The molecule has 0 saturated heterocycles. The van der Waals surface area contributed by atoms with E-state index < -0.39 is 20.8 Å². The van der Waals surface area contributed by atoms with Crippen LogP contribution in [-0.4, -0.2) is 19.4 Å². The summed E-state index contributed by atoms with van der Waals surface area (Å²) in [7, 11) is 11.1. The van der Waals surface area contributed by atoms with Crippen LogP contribution in [0, 0.1) is 11.8 Å². The van der Waals surface area contributed by atoms with Crippen molar-refractivity contribution < 1.29 is 30.4 Å². The third-order valence-electron chi connectivity index (χ3n) is 9.86. The zero-order valence-electron chi connectivity index (χ0n) is 36.2. The minimum atomic E-state index is -0.826. The van der Waals surface area contributed by atoms with Gasteiger partial charge in [-0.15, -0.1) is 69.1 Å². The van der Waals surface area contributed by atoms with Gasteiger partial charge in [-0.1, -0.05) is 141 Å². The van der Waals surface area contributed by atoms with E-state index in [1.54, 1.807) is 13.8 Å². The normalized spacial score (nSPS) is 10.7. The van der Waals surface area contributed by atoms with Gasteiger partial charge in [0.05, 0.1) is 0 Å². The van der Waals surface area contributed by atoms with Gasteiger partial charge in [0.1, 0.15) is 0 Å². The van der Waals surface area contributed by atoms with Crippen LogP contribution >= 0.6 is 17.0 Å². The molecule has 0 bridgehead atoms. The van der Waals surface area contributed by atoms with E-state index >= 15 is 0 Å². The van der Waals surface area contributed by atoms with Gasteiger partial charge in [-0.25, -0.2) is 0 Å². The molecule has 0 atom stereocenters. The Morgan fingerprint density at radius 3 is 1.24 bits per heavy atom. The van der Waals surface area contributed by atoms with Crippen molar-refractivity contribution in [1.29, 1.82) is 0 Å². The average Bonchev–Trinajstić information content (AvgIpc) is 3.85. The predicted molar refractivity (Wildman–Crippen MR) is 250 cm³/mol. The van der Waals surface area contributed by atoms with Crippen molar-refractivity contribution in [3.05, 3.63) is 131 Å². The molecule has 6 rings (SSSR count). The van der Waals surface area contributed by atoms with Gasteiger partial charge in [-0.2, -0.15) is 12.1 Å². The van der Waals surface area contributed by atoms with E-state index in [4.69, 9.17) is 17.0 Å². The number of carbonyl (C=O) groups is 2. The van der Waals surface area contributed by atoms with Crippen LogP contribution in [0.3, 0.4) is 0 Å². The van der Waals surface area contributed by atoms with Crippen molar-refractivity contribution in [1.82, 2.24) is 10.5 Å². The molecule has 0 fully saturated rings. The Morgan fingerprint density at radius 1 is 0.569 bits per heavy atom. The van der Waals surface area contributed by atoms with E-state index in [-0.39, 0.29) is 11.8 Å². The van der Waals surface area contributed by atoms with Crippen LogP contribution in [0.5, 0.6) is 0 Å². The zero-order valence-corrected chi connectivity index (χ0v) is 40.1. The van der Waals surface area contributed by atoms with E-state index in [0.29, 0.717) is 36.5 Å². The second kappa shape index (κ2) is 25.2. The summed E-state index contributed by atoms with van der Waals surface area (Å²) >= 11 is -0.826. The first kappa shape index (κ1) is 48.9. The van der Waals surface area contributed by atoms with Gasteiger partial charge in [-0.05, 0) is 58.8 Å². The molecule has 6 aromatic rings. The van der Waals surface area contributed by atoms with Crippen LogP contribution in [-0.2, 0) is 43.3 Å². The summed E-state index contributed by atoms with van der Waals surface area (Å²) in [6, 6.07) is 40.5. The molecule has 1 radical (unpaired) electrons. The Labute approximate surface area is 368 Å². The fourth-order valence-corrected chi connectivity index (χ4v) is 6.86. The van der Waals surface area contributed by atoms with Crippen LogP contribution in [0.15, 0.2) is 109 Å². The molecule has 0 heterocycles. The minimum absolute atomic E-state index is 0.110. The van der Waals surface area contributed by atoms with Crippen molar-refractivity contribution in [3.8, 4) is 22.3 Å². The first-order valence-corrected chi connectivity index (χ1v) is 27.0. The molecular formula is C50H62BCl2N2O2Zr. The summed E-state index contributed by atoms with van der Waals surface area (Å²) in [5.41, 5.74) is 11.3. The molecule has 4 nitrogen and oxygen atoms in total. The molecule has 0 aliphatic rings. The third kappa shape index (κ3) is 15.0. The molecule has 0 unspecified atom stereocenters. The predicted octanol–water partition coefficient (Wildman–Crippen LogP) is 14.0. The number of carbonyl (C=O) groups excluding carboxylic acids is 2. The molecular weight excluding hydrogens is 834 g/mol. The zero-order chi connectivity index (χ0) is 42.8. The van der Waals surface area contributed by atoms with Gasteiger partial charge >= 0.3 is 45.4 Å². The topological polar surface area (TPSA) is 58.2 Å². The van der Waals surface area contributed by atoms with Crippen LogP contribution < -0.4 is 10.5 Å². The molecule has 0 aliphatic carbocycles. The first-order valence-electron chi connectivity index (χ1n) is 20.7. The van der Waals surface area contributed by atoms with Crippen molar-refractivity contribution in [2.24, 2.45) is 11.8 Å². The van der Waals surface area contributed by atoms with Crippen molar-refractivity contribution >= 4 is 57.9 Å². The molecule has 6 aromatic carbocycles. The number of benzene rings is 4. The van der Waals surface area contributed by atoms with E-state index in [1.807, 2.05) is 0 Å². The van der Waals surface area contributed by atoms with Gasteiger partial charge in [0.2, 0.25) is 11.8 Å².